The molecule has 1 N–H and O–H groups in total. The van der Waals surface area contributed by atoms with Crippen molar-refractivity contribution in [1.82, 2.24) is 9.47 Å². The van der Waals surface area contributed by atoms with E-state index in [0.29, 0.717) is 6.61 Å². The van der Waals surface area contributed by atoms with Gasteiger partial charge in [-0.3, -0.25) is 4.90 Å². The summed E-state index contributed by atoms with van der Waals surface area (Å²) in [6.07, 6.45) is 1.88. The SMILES string of the molecule is C.COc1cc2c(cc1OCc1ccc(Cl)cc1)CCN1Cc3c(c4ccccc4n3CO)CC21. The van der Waals surface area contributed by atoms with Gasteiger partial charge < -0.3 is 19.1 Å². The molecule has 0 amide bonds. The molecular formula is C29H31ClN2O3. The summed E-state index contributed by atoms with van der Waals surface area (Å²) in [6, 6.07) is 20.7. The van der Waals surface area contributed by atoms with Crippen LogP contribution in [0.25, 0.3) is 10.9 Å². The Labute approximate surface area is 211 Å². The van der Waals surface area contributed by atoms with Crippen molar-refractivity contribution in [2.24, 2.45) is 0 Å². The highest BCUT2D eigenvalue weighted by Crippen LogP contribution is 2.44. The van der Waals surface area contributed by atoms with E-state index >= 15 is 0 Å². The monoisotopic (exact) mass is 490 g/mol. The first kappa shape index (κ1) is 23.7. The number of para-hydroxylation sites is 1. The molecular weight excluding hydrogens is 460 g/mol. The lowest BCUT2D eigenvalue weighted by atomic mass is 9.85. The van der Waals surface area contributed by atoms with Crippen molar-refractivity contribution in [2.45, 2.75) is 46.2 Å². The van der Waals surface area contributed by atoms with Crippen LogP contribution in [0, 0.1) is 0 Å². The predicted molar refractivity (Wildman–Crippen MR) is 140 cm³/mol. The summed E-state index contributed by atoms with van der Waals surface area (Å²) in [7, 11) is 1.70. The Bertz CT molecular complexity index is 1360. The van der Waals surface area contributed by atoms with E-state index in [1.165, 1.54) is 27.8 Å². The van der Waals surface area contributed by atoms with Crippen LogP contribution in [0.2, 0.25) is 5.02 Å². The number of aliphatic hydroxyl groups is 1. The molecule has 1 aromatic heterocycles. The Morgan fingerprint density at radius 2 is 1.86 bits per heavy atom. The zero-order chi connectivity index (χ0) is 23.2. The molecule has 1 atom stereocenters. The first-order chi connectivity index (χ1) is 16.7. The van der Waals surface area contributed by atoms with Crippen LogP contribution >= 0.6 is 11.6 Å². The van der Waals surface area contributed by atoms with Gasteiger partial charge in [0.15, 0.2) is 11.5 Å². The van der Waals surface area contributed by atoms with E-state index in [0.717, 1.165) is 53.5 Å². The second-order valence-corrected chi connectivity index (χ2v) is 9.51. The van der Waals surface area contributed by atoms with Crippen LogP contribution in [0.5, 0.6) is 11.5 Å². The topological polar surface area (TPSA) is 46.9 Å². The number of fused-ring (bicyclic) bond motifs is 6. The Morgan fingerprint density at radius 3 is 2.63 bits per heavy atom. The molecule has 5 nitrogen and oxygen atoms in total. The van der Waals surface area contributed by atoms with Gasteiger partial charge >= 0.3 is 0 Å². The van der Waals surface area contributed by atoms with Crippen molar-refractivity contribution in [1.29, 1.82) is 0 Å². The molecule has 0 saturated heterocycles. The van der Waals surface area contributed by atoms with Gasteiger partial charge in [-0.25, -0.2) is 0 Å². The normalized spacial score (nSPS) is 16.7. The summed E-state index contributed by atoms with van der Waals surface area (Å²) in [5, 5.41) is 12.1. The fourth-order valence-corrected chi connectivity index (χ4v) is 5.71. The van der Waals surface area contributed by atoms with Gasteiger partial charge in [0.2, 0.25) is 0 Å². The maximum Gasteiger partial charge on any atom is 0.161 e. The molecule has 0 saturated carbocycles. The number of hydrogen-bond donors (Lipinski definition) is 1. The standard InChI is InChI=1S/C28H27ClN2O3.CH4/c1-33-27-14-22-19(12-28(27)34-16-18-6-8-20(29)9-7-18)10-11-30-15-26-23(13-25(22)30)21-4-2-3-5-24(21)31(26)17-32;/h2-9,12,14,25,32H,10-11,13,15-17H2,1H3;1H4. The molecule has 2 aliphatic heterocycles. The molecule has 6 rings (SSSR count). The summed E-state index contributed by atoms with van der Waals surface area (Å²) in [4.78, 5) is 2.53. The number of hydrogen-bond acceptors (Lipinski definition) is 4. The van der Waals surface area contributed by atoms with E-state index in [9.17, 15) is 5.11 Å². The van der Waals surface area contributed by atoms with Gasteiger partial charge in [-0.1, -0.05) is 49.4 Å². The molecule has 3 heterocycles. The van der Waals surface area contributed by atoms with Crippen LogP contribution in [0.15, 0.2) is 60.7 Å². The minimum Gasteiger partial charge on any atom is -0.493 e. The van der Waals surface area contributed by atoms with Gasteiger partial charge in [0, 0.05) is 35.2 Å². The first-order valence-electron chi connectivity index (χ1n) is 11.7. The highest BCUT2D eigenvalue weighted by Gasteiger charge is 2.35. The molecule has 0 fully saturated rings. The quantitative estimate of drug-likeness (QED) is 0.366. The van der Waals surface area contributed by atoms with Gasteiger partial charge in [-0.15, -0.1) is 0 Å². The van der Waals surface area contributed by atoms with Crippen LogP contribution in [0.3, 0.4) is 0 Å². The van der Waals surface area contributed by atoms with Crippen LogP contribution in [0.1, 0.15) is 41.4 Å². The predicted octanol–water partition coefficient (Wildman–Crippen LogP) is 6.12. The van der Waals surface area contributed by atoms with Crippen LogP contribution in [0.4, 0.5) is 0 Å². The summed E-state index contributed by atoms with van der Waals surface area (Å²) >= 11 is 6.01. The lowest BCUT2D eigenvalue weighted by molar-refractivity contribution is 0.145. The van der Waals surface area contributed by atoms with E-state index in [4.69, 9.17) is 21.1 Å². The minimum absolute atomic E-state index is 0. The Kier molecular flexibility index (Phi) is 6.49. The maximum absolute atomic E-state index is 10.1. The Balaban J connectivity index is 0.00000253. The molecule has 0 aliphatic carbocycles. The number of ether oxygens (including phenoxy) is 2. The smallest absolute Gasteiger partial charge is 0.161 e. The second kappa shape index (κ2) is 9.57. The van der Waals surface area contributed by atoms with Crippen molar-refractivity contribution in [3.8, 4) is 11.5 Å². The molecule has 1 unspecified atom stereocenters. The number of methoxy groups -OCH3 is 1. The van der Waals surface area contributed by atoms with Crippen molar-refractivity contribution < 1.29 is 14.6 Å². The Hall–Kier alpha value is -2.99. The second-order valence-electron chi connectivity index (χ2n) is 9.07. The van der Waals surface area contributed by atoms with E-state index < -0.39 is 0 Å². The van der Waals surface area contributed by atoms with E-state index in [-0.39, 0.29) is 20.2 Å². The van der Waals surface area contributed by atoms with Crippen molar-refractivity contribution >= 4 is 22.5 Å². The largest absolute Gasteiger partial charge is 0.493 e. The van der Waals surface area contributed by atoms with E-state index in [1.54, 1.807) is 7.11 Å². The summed E-state index contributed by atoms with van der Waals surface area (Å²) in [6.45, 7) is 2.29. The fraction of sp³-hybridized carbons (Fsp3) is 0.310. The number of aliphatic hydroxyl groups excluding tert-OH is 1. The van der Waals surface area contributed by atoms with Crippen LogP contribution in [-0.2, 0) is 32.7 Å². The van der Waals surface area contributed by atoms with Crippen molar-refractivity contribution in [3.63, 3.8) is 0 Å². The van der Waals surface area contributed by atoms with Gasteiger partial charge in [0.05, 0.1) is 12.6 Å². The molecule has 0 radical (unpaired) electrons. The molecule has 6 heteroatoms. The van der Waals surface area contributed by atoms with Crippen molar-refractivity contribution in [3.05, 3.63) is 93.6 Å². The molecule has 182 valence electrons. The zero-order valence-corrected chi connectivity index (χ0v) is 19.9. The van der Waals surface area contributed by atoms with Gasteiger partial charge in [0.1, 0.15) is 13.3 Å². The molecule has 0 spiro atoms. The van der Waals surface area contributed by atoms with Crippen LogP contribution < -0.4 is 9.47 Å². The molecule has 35 heavy (non-hydrogen) atoms. The zero-order valence-electron chi connectivity index (χ0n) is 19.1. The minimum atomic E-state index is 0. The molecule has 4 aromatic rings. The van der Waals surface area contributed by atoms with Crippen LogP contribution in [-0.4, -0.2) is 28.2 Å². The Morgan fingerprint density at radius 1 is 1.06 bits per heavy atom. The molecule has 0 bridgehead atoms. The van der Waals surface area contributed by atoms with E-state index in [2.05, 4.69) is 39.8 Å². The van der Waals surface area contributed by atoms with Gasteiger partial charge in [0.25, 0.3) is 0 Å². The fourth-order valence-electron chi connectivity index (χ4n) is 5.59. The maximum atomic E-state index is 10.1. The van der Waals surface area contributed by atoms with Crippen molar-refractivity contribution in [2.75, 3.05) is 13.7 Å². The average molecular weight is 491 g/mol. The lowest BCUT2D eigenvalue weighted by Crippen LogP contribution is -2.39. The highest BCUT2D eigenvalue weighted by atomic mass is 35.5. The van der Waals surface area contributed by atoms with Gasteiger partial charge in [-0.05, 0) is 65.4 Å². The molecule has 3 aromatic carbocycles. The third-order valence-electron chi connectivity index (χ3n) is 7.29. The molecule has 2 aliphatic rings. The number of rotatable bonds is 5. The number of halogens is 1. The highest BCUT2D eigenvalue weighted by molar-refractivity contribution is 6.30. The van der Waals surface area contributed by atoms with Gasteiger partial charge in [-0.2, -0.15) is 0 Å². The van der Waals surface area contributed by atoms with E-state index in [1.807, 2.05) is 30.3 Å². The lowest BCUT2D eigenvalue weighted by Gasteiger charge is -2.41. The third-order valence-corrected chi connectivity index (χ3v) is 7.54. The third kappa shape index (κ3) is 4.08. The number of benzene rings is 3. The summed E-state index contributed by atoms with van der Waals surface area (Å²) in [5.74, 6) is 1.54. The average Bonchev–Trinajstić information content (AvgIpc) is 3.19. The summed E-state index contributed by atoms with van der Waals surface area (Å²) in [5.41, 5.74) is 7.39. The summed E-state index contributed by atoms with van der Waals surface area (Å²) < 4.78 is 14.0. The number of aromatic nitrogens is 1. The number of nitrogens with zero attached hydrogens (tertiary/aromatic N) is 2. The first-order valence-corrected chi connectivity index (χ1v) is 12.1.